The van der Waals surface area contributed by atoms with E-state index in [1.807, 2.05) is 41.1 Å². The molecule has 1 aromatic carbocycles. The average Bonchev–Trinajstić information content (AvgIpc) is 4.00. The molecule has 290 valence electrons. The molecule has 0 radical (unpaired) electrons. The van der Waals surface area contributed by atoms with E-state index in [9.17, 15) is 24.0 Å². The number of H-pyrrole nitrogens is 1. The van der Waals surface area contributed by atoms with Crippen LogP contribution in [0.2, 0.25) is 0 Å². The largest absolute Gasteiger partial charge is 0.453 e. The summed E-state index contributed by atoms with van der Waals surface area (Å²) in [5.41, 5.74) is 4.02. The Labute approximate surface area is 315 Å². The zero-order valence-corrected chi connectivity index (χ0v) is 32.6. The van der Waals surface area contributed by atoms with Gasteiger partial charge in [-0.2, -0.15) is 0 Å². The van der Waals surface area contributed by atoms with Crippen molar-refractivity contribution in [3.8, 4) is 22.5 Å². The molecule has 4 aromatic rings. The summed E-state index contributed by atoms with van der Waals surface area (Å²) in [6, 6.07) is 8.14. The number of benzene rings is 1. The van der Waals surface area contributed by atoms with Gasteiger partial charge in [-0.3, -0.25) is 23.6 Å². The number of methoxy groups -OCH3 is 1. The second kappa shape index (κ2) is 24.9. The third kappa shape index (κ3) is 15.9. The molecular formula is C37H55N9O6S. The molecule has 2 saturated heterocycles. The number of amides is 5. The van der Waals surface area contributed by atoms with Crippen molar-refractivity contribution in [1.82, 2.24) is 39.8 Å². The summed E-state index contributed by atoms with van der Waals surface area (Å²) < 4.78 is 6.25. The number of anilines is 1. The van der Waals surface area contributed by atoms with Crippen LogP contribution in [0.25, 0.3) is 27.5 Å². The zero-order valence-electron chi connectivity index (χ0n) is 31.8. The predicted molar refractivity (Wildman–Crippen MR) is 208 cm³/mol. The number of thiazole rings is 1. The predicted octanol–water partition coefficient (Wildman–Crippen LogP) is 5.56. The number of imidazole rings is 2. The molecule has 0 saturated carbocycles. The van der Waals surface area contributed by atoms with Crippen LogP contribution in [0.3, 0.4) is 0 Å². The van der Waals surface area contributed by atoms with E-state index < -0.39 is 6.09 Å². The first-order chi connectivity index (χ1) is 25.6. The van der Waals surface area contributed by atoms with E-state index in [1.54, 1.807) is 22.3 Å². The van der Waals surface area contributed by atoms with E-state index in [1.165, 1.54) is 38.2 Å². The number of alkyl carbamates (subject to hydrolysis) is 1. The Morgan fingerprint density at radius 2 is 1.38 bits per heavy atom. The fourth-order valence-electron chi connectivity index (χ4n) is 4.87. The first kappa shape index (κ1) is 43.9. The molecule has 3 aromatic heterocycles. The lowest BCUT2D eigenvalue weighted by atomic mass is 10.1. The zero-order chi connectivity index (χ0) is 39.0. The molecule has 0 bridgehead atoms. The van der Waals surface area contributed by atoms with E-state index in [4.69, 9.17) is 0 Å². The van der Waals surface area contributed by atoms with Crippen molar-refractivity contribution in [2.75, 3.05) is 51.7 Å². The third-order valence-electron chi connectivity index (χ3n) is 7.32. The van der Waals surface area contributed by atoms with Crippen LogP contribution >= 0.6 is 11.3 Å². The molecule has 16 heteroatoms. The van der Waals surface area contributed by atoms with Gasteiger partial charge in [0.15, 0.2) is 4.96 Å². The van der Waals surface area contributed by atoms with Crippen LogP contribution in [-0.4, -0.2) is 106 Å². The van der Waals surface area contributed by atoms with Crippen molar-refractivity contribution in [3.05, 3.63) is 49.2 Å². The van der Waals surface area contributed by atoms with Gasteiger partial charge >= 0.3 is 6.09 Å². The van der Waals surface area contributed by atoms with E-state index in [0.29, 0.717) is 6.41 Å². The van der Waals surface area contributed by atoms with Crippen molar-refractivity contribution in [1.29, 1.82) is 0 Å². The van der Waals surface area contributed by atoms with Gasteiger partial charge in [-0.25, -0.2) is 14.8 Å². The monoisotopic (exact) mass is 753 g/mol. The minimum atomic E-state index is -0.562. The second-order valence-electron chi connectivity index (χ2n) is 12.1. The number of carbonyl (C=O) groups is 5. The van der Waals surface area contributed by atoms with Crippen LogP contribution in [0.1, 0.15) is 73.1 Å². The Bertz CT molecular complexity index is 1630. The summed E-state index contributed by atoms with van der Waals surface area (Å²) in [4.78, 5) is 70.2. The molecule has 6 rings (SSSR count). The van der Waals surface area contributed by atoms with Crippen LogP contribution < -0.4 is 16.0 Å². The lowest BCUT2D eigenvalue weighted by Crippen LogP contribution is -2.38. The Hall–Kier alpha value is -5.25. The minimum absolute atomic E-state index is 0.0303. The van der Waals surface area contributed by atoms with Crippen molar-refractivity contribution in [3.63, 3.8) is 0 Å². The highest BCUT2D eigenvalue weighted by atomic mass is 32.1. The summed E-state index contributed by atoms with van der Waals surface area (Å²) >= 11 is 1.43. The number of aromatic nitrogens is 4. The van der Waals surface area contributed by atoms with Gasteiger partial charge in [0.05, 0.1) is 37.6 Å². The van der Waals surface area contributed by atoms with Gasteiger partial charge in [-0.05, 0) is 31.2 Å². The van der Waals surface area contributed by atoms with Gasteiger partial charge in [0.2, 0.25) is 24.1 Å². The van der Waals surface area contributed by atoms with E-state index in [-0.39, 0.29) is 30.8 Å². The number of rotatable bonds is 8. The minimum Gasteiger partial charge on any atom is -0.453 e. The van der Waals surface area contributed by atoms with Crippen molar-refractivity contribution in [2.24, 2.45) is 0 Å². The number of hydrogen-bond acceptors (Lipinski definition) is 9. The molecule has 2 fully saturated rings. The van der Waals surface area contributed by atoms with Gasteiger partial charge < -0.3 is 35.5 Å². The number of nitrogens with zero attached hydrogens (tertiary/aromatic N) is 5. The molecule has 2 aliphatic rings. The highest BCUT2D eigenvalue weighted by Crippen LogP contribution is 2.27. The summed E-state index contributed by atoms with van der Waals surface area (Å²) in [7, 11) is 1.27. The van der Waals surface area contributed by atoms with Crippen molar-refractivity contribution >= 4 is 51.5 Å². The Morgan fingerprint density at radius 3 is 1.83 bits per heavy atom. The molecule has 15 nitrogen and oxygen atoms in total. The number of hydrogen-bond donors (Lipinski definition) is 4. The molecule has 0 unspecified atom stereocenters. The van der Waals surface area contributed by atoms with Gasteiger partial charge in [-0.1, -0.05) is 76.1 Å². The number of aromatic amines is 1. The summed E-state index contributed by atoms with van der Waals surface area (Å²) in [5.74, 6) is -0.159. The van der Waals surface area contributed by atoms with Gasteiger partial charge in [0, 0.05) is 51.1 Å². The maximum Gasteiger partial charge on any atom is 0.407 e. The average molecular weight is 754 g/mol. The molecule has 53 heavy (non-hydrogen) atoms. The number of fused-ring (bicyclic) bond motifs is 1. The molecule has 4 N–H and O–H groups in total. The van der Waals surface area contributed by atoms with Gasteiger partial charge in [0.1, 0.15) is 11.5 Å². The highest BCUT2D eigenvalue weighted by Gasteiger charge is 2.18. The first-order valence-electron chi connectivity index (χ1n) is 18.0. The Kier molecular flexibility index (Phi) is 20.6. The molecule has 5 amide bonds. The SMILES string of the molecule is CC(=O)NCC(=O)N1CCCC1.CCC.CCC.COC(=O)NCC(=O)N1CCCC1.O=CNc1cn2cc(-c3ccc(-c4cnc[nH]4)cc3)nc2s1. The number of ether oxygens (including phenoxy) is 1. The smallest absolute Gasteiger partial charge is 0.407 e. The Balaban J connectivity index is 0.000000271. The highest BCUT2D eigenvalue weighted by molar-refractivity contribution is 7.21. The third-order valence-corrected chi connectivity index (χ3v) is 8.25. The summed E-state index contributed by atoms with van der Waals surface area (Å²) in [6.45, 7) is 13.4. The number of carbonyl (C=O) groups excluding carboxylic acids is 5. The quantitative estimate of drug-likeness (QED) is 0.169. The molecule has 0 aliphatic carbocycles. The number of likely N-dealkylation sites (tertiary alicyclic amines) is 2. The molecule has 2 aliphatic heterocycles. The fourth-order valence-corrected chi connectivity index (χ4v) is 5.70. The van der Waals surface area contributed by atoms with Crippen LogP contribution in [0.5, 0.6) is 0 Å². The maximum absolute atomic E-state index is 11.3. The molecular weight excluding hydrogens is 699 g/mol. The van der Waals surface area contributed by atoms with Crippen LogP contribution in [0.15, 0.2) is 49.2 Å². The summed E-state index contributed by atoms with van der Waals surface area (Å²) in [5, 5.41) is 8.26. The summed E-state index contributed by atoms with van der Waals surface area (Å²) in [6.07, 6.45) is 14.2. The molecule has 5 heterocycles. The lowest BCUT2D eigenvalue weighted by molar-refractivity contribution is -0.131. The van der Waals surface area contributed by atoms with Gasteiger partial charge in [0.25, 0.3) is 0 Å². The van der Waals surface area contributed by atoms with E-state index in [2.05, 4.69) is 63.3 Å². The number of nitrogens with one attached hydrogen (secondary N) is 4. The normalized spacial score (nSPS) is 12.7. The Morgan fingerprint density at radius 1 is 0.849 bits per heavy atom. The van der Waals surface area contributed by atoms with E-state index >= 15 is 0 Å². The fraction of sp³-hybridized carbons (Fsp3) is 0.486. The van der Waals surface area contributed by atoms with Gasteiger partial charge in [-0.15, -0.1) is 0 Å². The topological polar surface area (TPSA) is 183 Å². The van der Waals surface area contributed by atoms with Crippen LogP contribution in [0, 0.1) is 0 Å². The lowest BCUT2D eigenvalue weighted by Gasteiger charge is -2.14. The van der Waals surface area contributed by atoms with Crippen LogP contribution in [-0.2, 0) is 23.9 Å². The van der Waals surface area contributed by atoms with Crippen molar-refractivity contribution < 1.29 is 28.7 Å². The van der Waals surface area contributed by atoms with Crippen molar-refractivity contribution in [2.45, 2.75) is 73.1 Å². The maximum atomic E-state index is 11.3. The molecule has 0 spiro atoms. The second-order valence-corrected chi connectivity index (χ2v) is 13.1. The van der Waals surface area contributed by atoms with E-state index in [0.717, 1.165) is 84.3 Å². The first-order valence-corrected chi connectivity index (χ1v) is 18.8. The standard InChI is InChI=1S/C15H11N5OS.C8H14N2O3.C8H14N2O2.2C3H8/c21-9-18-14-7-20-6-13(19-15(20)22-14)11-3-1-10(2-4-11)12-5-16-8-17-12;1-13-8(12)9-6-7(11)10-4-2-3-5-10;1-7(11)9-6-8(12)10-4-2-3-5-10;2*1-3-2/h1-9H,(H,16,17)(H,18,21);2-6H2,1H3,(H,9,12);2-6H2,1H3,(H,9,11);2*3H2,1-2H3. The molecule has 0 atom stereocenters. The van der Waals surface area contributed by atoms with Crippen LogP contribution in [0.4, 0.5) is 9.80 Å².